The van der Waals surface area contributed by atoms with E-state index in [0.717, 1.165) is 41.9 Å². The van der Waals surface area contributed by atoms with Gasteiger partial charge >= 0.3 is 5.96 Å². The summed E-state index contributed by atoms with van der Waals surface area (Å²) >= 11 is 0. The van der Waals surface area contributed by atoms with Crippen LogP contribution >= 0.6 is 0 Å². The lowest BCUT2D eigenvalue weighted by Crippen LogP contribution is -3.26. The molecule has 1 unspecified atom stereocenters. The summed E-state index contributed by atoms with van der Waals surface area (Å²) in [4.78, 5) is 14.3. The number of aryl methyl sites for hydroxylation is 2. The monoisotopic (exact) mass is 326 g/mol. The zero-order chi connectivity index (χ0) is 16.5. The van der Waals surface area contributed by atoms with Crippen molar-refractivity contribution < 1.29 is 9.89 Å². The third-order valence-corrected chi connectivity index (χ3v) is 5.20. The molecule has 0 spiro atoms. The summed E-state index contributed by atoms with van der Waals surface area (Å²) < 4.78 is 0. The van der Waals surface area contributed by atoms with Crippen LogP contribution in [-0.4, -0.2) is 35.3 Å². The highest BCUT2D eigenvalue weighted by atomic mass is 15.4. The summed E-state index contributed by atoms with van der Waals surface area (Å²) in [5.74, 6) is 1.55. The molecule has 2 heterocycles. The normalized spacial score (nSPS) is 21.6. The van der Waals surface area contributed by atoms with Gasteiger partial charge in [-0.2, -0.15) is 4.98 Å². The van der Waals surface area contributed by atoms with Gasteiger partial charge in [-0.1, -0.05) is 12.1 Å². The number of quaternary nitrogens is 1. The van der Waals surface area contributed by atoms with Crippen LogP contribution < -0.4 is 20.5 Å². The molecular weight excluding hydrogens is 300 g/mol. The van der Waals surface area contributed by atoms with Gasteiger partial charge in [-0.25, -0.2) is 20.6 Å². The Morgan fingerprint density at radius 2 is 2.04 bits per heavy atom. The van der Waals surface area contributed by atoms with E-state index in [1.54, 1.807) is 4.90 Å². The molecule has 1 aliphatic carbocycles. The van der Waals surface area contributed by atoms with Gasteiger partial charge in [0.15, 0.2) is 13.3 Å². The molecule has 0 saturated heterocycles. The van der Waals surface area contributed by atoms with Gasteiger partial charge in [0, 0.05) is 5.39 Å². The van der Waals surface area contributed by atoms with E-state index in [0.29, 0.717) is 5.95 Å². The summed E-state index contributed by atoms with van der Waals surface area (Å²) in [7, 11) is 0. The number of benzene rings is 1. The lowest BCUT2D eigenvalue weighted by Gasteiger charge is -2.25. The summed E-state index contributed by atoms with van der Waals surface area (Å²) in [6.07, 6.45) is 5.47. The van der Waals surface area contributed by atoms with Crippen LogP contribution in [0.2, 0.25) is 0 Å². The zero-order valence-electron chi connectivity index (χ0n) is 14.4. The highest BCUT2D eigenvalue weighted by Crippen LogP contribution is 2.18. The molecule has 4 rings (SSSR count). The highest BCUT2D eigenvalue weighted by molar-refractivity contribution is 5.89. The molecule has 24 heavy (non-hydrogen) atoms. The molecule has 1 saturated carbocycles. The van der Waals surface area contributed by atoms with Crippen LogP contribution in [0, 0.1) is 13.8 Å². The molecule has 4 N–H and O–H groups in total. The Labute approximate surface area is 142 Å². The van der Waals surface area contributed by atoms with Crippen LogP contribution in [0.15, 0.2) is 18.2 Å². The Morgan fingerprint density at radius 3 is 2.79 bits per heavy atom. The van der Waals surface area contributed by atoms with Gasteiger partial charge < -0.3 is 0 Å². The number of nitrogens with one attached hydrogen (secondary N) is 4. The number of nitrogens with zero attached hydrogens (tertiary/aromatic N) is 2. The molecule has 0 bridgehead atoms. The molecule has 126 valence electrons. The van der Waals surface area contributed by atoms with Crippen molar-refractivity contribution in [1.29, 1.82) is 0 Å². The number of guanidine groups is 1. The second-order valence-electron chi connectivity index (χ2n) is 7.00. The third kappa shape index (κ3) is 3.06. The Bertz CT molecular complexity index is 778. The predicted molar refractivity (Wildman–Crippen MR) is 94.7 cm³/mol. The zero-order valence-corrected chi connectivity index (χ0v) is 14.4. The van der Waals surface area contributed by atoms with Gasteiger partial charge in [-0.15, -0.1) is 0 Å². The molecule has 1 aliphatic heterocycles. The SMILES string of the molecule is Cc1ccc2c(C)nc(NC3=[NH+]C[NH+](C4CCCC4)CN3)nc2c1. The second kappa shape index (κ2) is 6.36. The molecule has 1 aromatic carbocycles. The fraction of sp³-hybridized carbons (Fsp3) is 0.500. The van der Waals surface area contributed by atoms with Crippen molar-refractivity contribution in [3.05, 3.63) is 29.5 Å². The van der Waals surface area contributed by atoms with Gasteiger partial charge in [0.2, 0.25) is 0 Å². The fourth-order valence-electron chi connectivity index (χ4n) is 3.81. The van der Waals surface area contributed by atoms with Crippen molar-refractivity contribution >= 4 is 22.8 Å². The van der Waals surface area contributed by atoms with Crippen LogP contribution in [0.3, 0.4) is 0 Å². The molecule has 1 atom stereocenters. The van der Waals surface area contributed by atoms with Crippen molar-refractivity contribution in [2.75, 3.05) is 18.7 Å². The minimum absolute atomic E-state index is 0.643. The molecule has 0 amide bonds. The maximum atomic E-state index is 4.66. The van der Waals surface area contributed by atoms with Crippen molar-refractivity contribution in [2.45, 2.75) is 45.6 Å². The number of rotatable bonds is 2. The Kier molecular flexibility index (Phi) is 4.06. The maximum Gasteiger partial charge on any atom is 0.359 e. The smallest absolute Gasteiger partial charge is 0.274 e. The maximum absolute atomic E-state index is 4.66. The molecular formula is C18H26N6+2. The van der Waals surface area contributed by atoms with Gasteiger partial charge in [0.25, 0.3) is 5.95 Å². The minimum atomic E-state index is 0.643. The molecule has 2 aliphatic rings. The fourth-order valence-corrected chi connectivity index (χ4v) is 3.81. The number of fused-ring (bicyclic) bond motifs is 1. The lowest BCUT2D eigenvalue weighted by molar-refractivity contribution is -0.999. The first-order chi connectivity index (χ1) is 11.7. The van der Waals surface area contributed by atoms with Crippen molar-refractivity contribution in [3.8, 4) is 0 Å². The van der Waals surface area contributed by atoms with E-state index < -0.39 is 0 Å². The van der Waals surface area contributed by atoms with E-state index in [-0.39, 0.29) is 0 Å². The number of aromatic nitrogens is 2. The highest BCUT2D eigenvalue weighted by Gasteiger charge is 2.30. The molecule has 0 radical (unpaired) electrons. The van der Waals surface area contributed by atoms with E-state index in [1.807, 2.05) is 6.92 Å². The van der Waals surface area contributed by atoms with E-state index in [4.69, 9.17) is 0 Å². The average Bonchev–Trinajstić information content (AvgIpc) is 3.09. The molecule has 1 aromatic heterocycles. The Hall–Kier alpha value is -2.21. The van der Waals surface area contributed by atoms with Gasteiger partial charge in [-0.3, -0.25) is 4.90 Å². The first-order valence-electron chi connectivity index (χ1n) is 8.90. The first-order valence-corrected chi connectivity index (χ1v) is 8.90. The van der Waals surface area contributed by atoms with Crippen LogP contribution in [0.25, 0.3) is 10.9 Å². The molecule has 6 heteroatoms. The topological polar surface area (TPSA) is 68.2 Å². The number of hydrogen-bond acceptors (Lipinski definition) is 4. The van der Waals surface area contributed by atoms with Gasteiger partial charge in [-0.05, 0) is 51.2 Å². The van der Waals surface area contributed by atoms with Gasteiger partial charge in [0.05, 0.1) is 17.3 Å². The summed E-state index contributed by atoms with van der Waals surface area (Å²) in [6, 6.07) is 7.10. The summed E-state index contributed by atoms with van der Waals surface area (Å²) in [5.41, 5.74) is 3.20. The predicted octanol–water partition coefficient (Wildman–Crippen LogP) is -0.559. The molecule has 2 aromatic rings. The van der Waals surface area contributed by atoms with Crippen molar-refractivity contribution in [1.82, 2.24) is 15.3 Å². The van der Waals surface area contributed by atoms with Crippen molar-refractivity contribution in [2.24, 2.45) is 0 Å². The Balaban J connectivity index is 1.50. The summed E-state index contributed by atoms with van der Waals surface area (Å²) in [6.45, 7) is 6.02. The lowest BCUT2D eigenvalue weighted by atomic mass is 10.1. The molecule has 1 fully saturated rings. The molecule has 6 nitrogen and oxygen atoms in total. The number of anilines is 1. The van der Waals surface area contributed by atoms with E-state index in [9.17, 15) is 0 Å². The van der Waals surface area contributed by atoms with E-state index in [2.05, 4.69) is 50.7 Å². The van der Waals surface area contributed by atoms with Crippen LogP contribution in [0.1, 0.15) is 36.9 Å². The first kappa shape index (κ1) is 15.3. The van der Waals surface area contributed by atoms with Crippen molar-refractivity contribution in [3.63, 3.8) is 0 Å². The average molecular weight is 326 g/mol. The number of hydrogen-bond donors (Lipinski definition) is 4. The minimum Gasteiger partial charge on any atom is -0.274 e. The quantitative estimate of drug-likeness (QED) is 0.597. The third-order valence-electron chi connectivity index (χ3n) is 5.20. The Morgan fingerprint density at radius 1 is 1.21 bits per heavy atom. The summed E-state index contributed by atoms with van der Waals surface area (Å²) in [5, 5.41) is 7.86. The largest absolute Gasteiger partial charge is 0.359 e. The van der Waals surface area contributed by atoms with E-state index in [1.165, 1.54) is 31.2 Å². The standard InChI is InChI=1S/C18H24N6/c1-12-7-8-15-13(2)21-18(22-16(15)9-12)23-17-19-10-24(11-20-17)14-5-3-4-6-14/h7-9,14H,3-6,10-11H2,1-2H3,(H2,19,20,21,22,23)/p+2. The van der Waals surface area contributed by atoms with Gasteiger partial charge in [0.1, 0.15) is 0 Å². The van der Waals surface area contributed by atoms with Crippen LogP contribution in [-0.2, 0) is 0 Å². The second-order valence-corrected chi connectivity index (χ2v) is 7.00. The van der Waals surface area contributed by atoms with Crippen LogP contribution in [0.4, 0.5) is 5.95 Å². The van der Waals surface area contributed by atoms with E-state index >= 15 is 0 Å². The van der Waals surface area contributed by atoms with Crippen LogP contribution in [0.5, 0.6) is 0 Å².